The number of rotatable bonds is 9. The molecule has 1 aliphatic heterocycles. The topological polar surface area (TPSA) is 235 Å². The number of aliphatic hydroxyl groups is 3. The molecule has 1 saturated heterocycles. The summed E-state index contributed by atoms with van der Waals surface area (Å²) in [4.78, 5) is 66.2. The van der Waals surface area contributed by atoms with Crippen molar-refractivity contribution in [2.75, 3.05) is 13.7 Å². The number of methoxy groups -OCH3 is 1. The fourth-order valence-electron chi connectivity index (χ4n) is 8.76. The first-order valence-corrected chi connectivity index (χ1v) is 15.5. The number of allylic oxidation sites excluding steroid dienone is 3. The van der Waals surface area contributed by atoms with Gasteiger partial charge in [-0.05, 0) is 63.5 Å². The van der Waals surface area contributed by atoms with Crippen LogP contribution >= 0.6 is 0 Å². The van der Waals surface area contributed by atoms with E-state index in [2.05, 4.69) is 0 Å². The third-order valence-electron chi connectivity index (χ3n) is 10.7. The van der Waals surface area contributed by atoms with Crippen LogP contribution in [0, 0.1) is 28.6 Å². The first kappa shape index (κ1) is 35.7. The summed E-state index contributed by atoms with van der Waals surface area (Å²) in [5, 5.41) is 35.3. The molecular weight excluding hydrogens is 604 g/mol. The van der Waals surface area contributed by atoms with Gasteiger partial charge in [-0.25, -0.2) is 19.2 Å². The van der Waals surface area contributed by atoms with Gasteiger partial charge in [-0.1, -0.05) is 25.8 Å². The maximum atomic E-state index is 13.7. The smallest absolute Gasteiger partial charge is 0.348 e. The first-order valence-electron chi connectivity index (χ1n) is 15.5. The van der Waals surface area contributed by atoms with Gasteiger partial charge >= 0.3 is 23.9 Å². The second-order valence-electron chi connectivity index (χ2n) is 13.8. The van der Waals surface area contributed by atoms with Crippen LogP contribution < -0.4 is 11.5 Å². The number of unbranched alkanes of at least 4 members (excludes halogenated alkanes) is 1. The highest BCUT2D eigenvalue weighted by Gasteiger charge is 2.79. The third-order valence-corrected chi connectivity index (χ3v) is 10.7. The summed E-state index contributed by atoms with van der Waals surface area (Å²) in [6.07, 6.45) is -4.61. The zero-order valence-electron chi connectivity index (χ0n) is 27.1. The molecule has 1 unspecified atom stereocenters. The van der Waals surface area contributed by atoms with Crippen LogP contribution in [0.5, 0.6) is 0 Å². The Bertz CT molecular complexity index is 1360. The minimum absolute atomic E-state index is 0.0309. The van der Waals surface area contributed by atoms with E-state index in [9.17, 15) is 39.3 Å². The Balaban J connectivity index is 1.83. The predicted molar refractivity (Wildman–Crippen MR) is 159 cm³/mol. The lowest BCUT2D eigenvalue weighted by atomic mass is 9.37. The molecule has 3 fully saturated rings. The highest BCUT2D eigenvalue weighted by atomic mass is 16.6. The lowest BCUT2D eigenvalue weighted by molar-refractivity contribution is -0.329. The van der Waals surface area contributed by atoms with Gasteiger partial charge in [0.1, 0.15) is 18.2 Å². The highest BCUT2D eigenvalue weighted by Crippen LogP contribution is 2.69. The zero-order chi connectivity index (χ0) is 34.5. The van der Waals surface area contributed by atoms with Gasteiger partial charge in [0.25, 0.3) is 0 Å². The van der Waals surface area contributed by atoms with Crippen LogP contribution in [0.25, 0.3) is 0 Å². The Kier molecular flexibility index (Phi) is 9.92. The average Bonchev–Trinajstić information content (AvgIpc) is 2.97. The molecule has 1 heterocycles. The summed E-state index contributed by atoms with van der Waals surface area (Å²) >= 11 is 0. The summed E-state index contributed by atoms with van der Waals surface area (Å²) in [5.41, 5.74) is 6.79. The highest BCUT2D eigenvalue weighted by molar-refractivity contribution is 5.98. The molecule has 0 radical (unpaired) electrons. The van der Waals surface area contributed by atoms with Crippen LogP contribution in [0.15, 0.2) is 23.0 Å². The molecule has 256 valence electrons. The standard InChI is InChI=1S/C32H46N2O12/c1-14(2)11-20(36)45-23-25-31(5)19(44-28(23)40)12-16-15(3)22(46-27(39)17(34)9-7-8-10-33)18(35)13-30(16,4)24(31)21(37)26(38)32(25,42)29(41)43-6/h11,16-17,19,21,23-26,37-38,42H,7-10,12-13,33-34H2,1-6H3/t16-,17-,19+,21+,23+,24?,25+,26-,30-,31+,32-/m0/s1. The largest absolute Gasteiger partial charge is 0.467 e. The Morgan fingerprint density at radius 2 is 1.78 bits per heavy atom. The lowest BCUT2D eigenvalue weighted by Crippen LogP contribution is -2.81. The van der Waals surface area contributed by atoms with E-state index >= 15 is 0 Å². The molecule has 0 spiro atoms. The minimum Gasteiger partial charge on any atom is -0.467 e. The second kappa shape index (κ2) is 12.8. The number of ether oxygens (including phenoxy) is 4. The zero-order valence-corrected chi connectivity index (χ0v) is 27.1. The Morgan fingerprint density at radius 1 is 1.13 bits per heavy atom. The SMILES string of the molecule is COC(=O)[C@@]1(O)[C@@H](O)[C@H](O)C2[C@@]3(C)[C@@H](C[C@H]4C(C)=C(OC(=O)[C@@H](N)CCCCN)C(=O)C[C@]24C)OC(=O)[C@H](OC(=O)C=C(C)C)[C@@H]13. The van der Waals surface area contributed by atoms with Crippen LogP contribution in [0.3, 0.4) is 0 Å². The predicted octanol–water partition coefficient (Wildman–Crippen LogP) is -0.0595. The van der Waals surface area contributed by atoms with Crippen molar-refractivity contribution in [3.63, 3.8) is 0 Å². The lowest BCUT2D eigenvalue weighted by Gasteiger charge is -2.69. The molecule has 14 nitrogen and oxygen atoms in total. The van der Waals surface area contributed by atoms with Crippen LogP contribution in [0.4, 0.5) is 0 Å². The Hall–Kier alpha value is -3.17. The van der Waals surface area contributed by atoms with Crippen LogP contribution in [-0.4, -0.2) is 94.7 Å². The van der Waals surface area contributed by atoms with Gasteiger partial charge < -0.3 is 45.7 Å². The average molecular weight is 651 g/mol. The molecule has 0 aromatic rings. The molecule has 7 N–H and O–H groups in total. The van der Waals surface area contributed by atoms with Gasteiger partial charge in [-0.3, -0.25) is 4.79 Å². The van der Waals surface area contributed by atoms with Crippen molar-refractivity contribution >= 4 is 29.7 Å². The monoisotopic (exact) mass is 650 g/mol. The van der Waals surface area contributed by atoms with Crippen LogP contribution in [0.2, 0.25) is 0 Å². The molecule has 2 saturated carbocycles. The van der Waals surface area contributed by atoms with Crippen molar-refractivity contribution in [1.29, 1.82) is 0 Å². The quantitative estimate of drug-likeness (QED) is 0.0952. The van der Waals surface area contributed by atoms with E-state index in [0.29, 0.717) is 37.0 Å². The number of fused-ring (bicyclic) bond motifs is 2. The Labute approximate surface area is 267 Å². The molecule has 4 rings (SSSR count). The number of aliphatic hydroxyl groups excluding tert-OH is 2. The number of nitrogens with two attached hydrogens (primary N) is 2. The van der Waals surface area contributed by atoms with E-state index in [1.54, 1.807) is 34.6 Å². The van der Waals surface area contributed by atoms with E-state index < -0.39 is 94.3 Å². The Morgan fingerprint density at radius 3 is 2.37 bits per heavy atom. The fraction of sp³-hybridized carbons (Fsp3) is 0.719. The maximum absolute atomic E-state index is 13.7. The summed E-state index contributed by atoms with van der Waals surface area (Å²) in [6, 6.07) is -0.986. The van der Waals surface area contributed by atoms with Crippen molar-refractivity contribution < 1.29 is 58.2 Å². The minimum atomic E-state index is -2.92. The van der Waals surface area contributed by atoms with Crippen molar-refractivity contribution in [3.05, 3.63) is 23.0 Å². The van der Waals surface area contributed by atoms with Gasteiger partial charge in [-0.15, -0.1) is 0 Å². The van der Waals surface area contributed by atoms with Crippen LogP contribution in [0.1, 0.15) is 66.7 Å². The molecule has 0 bridgehead atoms. The number of esters is 4. The molecule has 11 atom stereocenters. The van der Waals surface area contributed by atoms with Gasteiger partial charge in [0.2, 0.25) is 6.10 Å². The molecule has 3 aliphatic carbocycles. The number of carbonyl (C=O) groups is 5. The first-order chi connectivity index (χ1) is 21.4. The summed E-state index contributed by atoms with van der Waals surface area (Å²) in [7, 11) is 0.968. The summed E-state index contributed by atoms with van der Waals surface area (Å²) < 4.78 is 21.8. The van der Waals surface area contributed by atoms with E-state index in [0.717, 1.165) is 13.2 Å². The molecule has 0 amide bonds. The van der Waals surface area contributed by atoms with Gasteiger partial charge in [-0.2, -0.15) is 0 Å². The van der Waals surface area contributed by atoms with Gasteiger partial charge in [0.15, 0.2) is 17.1 Å². The third kappa shape index (κ3) is 5.47. The van der Waals surface area contributed by atoms with Gasteiger partial charge in [0, 0.05) is 23.8 Å². The van der Waals surface area contributed by atoms with Crippen LogP contribution in [-0.2, 0) is 42.9 Å². The van der Waals surface area contributed by atoms with E-state index in [4.69, 9.17) is 30.4 Å². The number of Topliss-reactive ketones (excluding diaryl/α,β-unsaturated/α-hetero) is 1. The molecule has 46 heavy (non-hydrogen) atoms. The fourth-order valence-corrected chi connectivity index (χ4v) is 8.76. The summed E-state index contributed by atoms with van der Waals surface area (Å²) in [6.45, 7) is 8.59. The normalized spacial score (nSPS) is 38.9. The number of ketones is 1. The molecule has 4 aliphatic rings. The van der Waals surface area contributed by atoms with E-state index in [-0.39, 0.29) is 18.6 Å². The van der Waals surface area contributed by atoms with E-state index in [1.807, 2.05) is 0 Å². The maximum Gasteiger partial charge on any atom is 0.348 e. The number of hydrogen-bond acceptors (Lipinski definition) is 14. The molecule has 0 aromatic carbocycles. The second-order valence-corrected chi connectivity index (χ2v) is 13.8. The van der Waals surface area contributed by atoms with Crippen molar-refractivity contribution in [1.82, 2.24) is 0 Å². The molecule has 0 aromatic heterocycles. The number of carbonyl (C=O) groups excluding carboxylic acids is 5. The van der Waals surface area contributed by atoms with Crippen molar-refractivity contribution in [3.8, 4) is 0 Å². The van der Waals surface area contributed by atoms with Crippen molar-refractivity contribution in [2.24, 2.45) is 40.1 Å². The van der Waals surface area contributed by atoms with Gasteiger partial charge in [0.05, 0.1) is 19.1 Å². The van der Waals surface area contributed by atoms with E-state index in [1.165, 1.54) is 0 Å². The summed E-state index contributed by atoms with van der Waals surface area (Å²) in [5.74, 6) is -8.28. The molecule has 14 heteroatoms. The number of hydrogen-bond donors (Lipinski definition) is 5. The van der Waals surface area contributed by atoms with Crippen molar-refractivity contribution in [2.45, 2.75) is 103 Å². The molecular formula is C32H46N2O12.